The molecule has 1 aliphatic heterocycles. The third kappa shape index (κ3) is 4.18. The zero-order chi connectivity index (χ0) is 21.4. The molecule has 0 atom stereocenters. The predicted molar refractivity (Wildman–Crippen MR) is 118 cm³/mol. The smallest absolute Gasteiger partial charge is 0.257 e. The molecule has 0 spiro atoms. The number of aromatic nitrogens is 3. The van der Waals surface area contributed by atoms with Crippen LogP contribution in [0, 0.1) is 19.8 Å². The molecule has 0 aliphatic carbocycles. The number of carbonyl (C=O) groups is 2. The van der Waals surface area contributed by atoms with Gasteiger partial charge < -0.3 is 4.90 Å². The Labute approximate surface area is 179 Å². The average molecular weight is 424 g/mol. The van der Waals surface area contributed by atoms with E-state index in [0.29, 0.717) is 41.6 Å². The molecule has 1 aromatic carbocycles. The molecular weight excluding hydrogens is 398 g/mol. The SMILES string of the molecule is Cc1nc2ccc(C(=O)Nc3nc4c(s3)CN(C(=O)CC(C)C)CC4)cc2nc1C. The number of nitrogens with zero attached hydrogens (tertiary/aromatic N) is 4. The van der Waals surface area contributed by atoms with E-state index in [0.717, 1.165) is 33.9 Å². The van der Waals surface area contributed by atoms with Crippen molar-refractivity contribution in [3.63, 3.8) is 0 Å². The Morgan fingerprint density at radius 2 is 1.87 bits per heavy atom. The first-order valence-electron chi connectivity index (χ1n) is 10.1. The Kier molecular flexibility index (Phi) is 5.51. The molecule has 1 aliphatic rings. The second kappa shape index (κ2) is 8.10. The third-order valence-corrected chi connectivity index (χ3v) is 6.22. The van der Waals surface area contributed by atoms with E-state index in [1.54, 1.807) is 12.1 Å². The van der Waals surface area contributed by atoms with Gasteiger partial charge in [-0.05, 0) is 38.0 Å². The largest absolute Gasteiger partial charge is 0.337 e. The van der Waals surface area contributed by atoms with Crippen molar-refractivity contribution in [2.24, 2.45) is 5.92 Å². The highest BCUT2D eigenvalue weighted by molar-refractivity contribution is 7.15. The zero-order valence-electron chi connectivity index (χ0n) is 17.7. The molecule has 3 aromatic rings. The molecule has 3 heterocycles. The van der Waals surface area contributed by atoms with Gasteiger partial charge in [0.15, 0.2) is 5.13 Å². The number of thiazole rings is 1. The van der Waals surface area contributed by atoms with Gasteiger partial charge in [0.2, 0.25) is 5.91 Å². The van der Waals surface area contributed by atoms with Crippen LogP contribution < -0.4 is 5.32 Å². The van der Waals surface area contributed by atoms with Gasteiger partial charge in [-0.3, -0.25) is 14.9 Å². The van der Waals surface area contributed by atoms with Crippen molar-refractivity contribution in [3.05, 3.63) is 45.7 Å². The Bertz CT molecular complexity index is 1140. The standard InChI is InChI=1S/C22H25N5O2S/c1-12(2)9-20(28)27-8-7-17-19(11-27)30-22(25-17)26-21(29)15-5-6-16-18(10-15)24-14(4)13(3)23-16/h5-6,10,12H,7-9,11H2,1-4H3,(H,25,26,29). The average Bonchev–Trinajstić information content (AvgIpc) is 3.09. The van der Waals surface area contributed by atoms with Crippen molar-refractivity contribution in [1.29, 1.82) is 0 Å². The van der Waals surface area contributed by atoms with Crippen molar-refractivity contribution in [1.82, 2.24) is 19.9 Å². The molecule has 156 valence electrons. The van der Waals surface area contributed by atoms with Crippen LogP contribution in [0.1, 0.15) is 52.6 Å². The van der Waals surface area contributed by atoms with Crippen molar-refractivity contribution in [2.45, 2.75) is 47.1 Å². The van der Waals surface area contributed by atoms with Gasteiger partial charge in [0.05, 0.1) is 34.7 Å². The monoisotopic (exact) mass is 423 g/mol. The second-order valence-electron chi connectivity index (χ2n) is 8.10. The number of nitrogens with one attached hydrogen (secondary N) is 1. The maximum absolute atomic E-state index is 12.8. The molecule has 2 aromatic heterocycles. The van der Waals surface area contributed by atoms with Crippen LogP contribution >= 0.6 is 11.3 Å². The van der Waals surface area contributed by atoms with Crippen LogP contribution in [0.4, 0.5) is 5.13 Å². The minimum absolute atomic E-state index is 0.178. The number of rotatable bonds is 4. The van der Waals surface area contributed by atoms with Gasteiger partial charge >= 0.3 is 0 Å². The van der Waals surface area contributed by atoms with E-state index in [4.69, 9.17) is 0 Å². The summed E-state index contributed by atoms with van der Waals surface area (Å²) >= 11 is 1.44. The zero-order valence-corrected chi connectivity index (χ0v) is 18.5. The molecule has 0 saturated carbocycles. The van der Waals surface area contributed by atoms with E-state index < -0.39 is 0 Å². The fourth-order valence-corrected chi connectivity index (χ4v) is 4.50. The van der Waals surface area contributed by atoms with Crippen LogP contribution in [0.5, 0.6) is 0 Å². The summed E-state index contributed by atoms with van der Waals surface area (Å²) in [5, 5.41) is 3.46. The molecule has 0 unspecified atom stereocenters. The first-order valence-corrected chi connectivity index (χ1v) is 10.9. The molecule has 0 saturated heterocycles. The Morgan fingerprint density at radius 1 is 1.13 bits per heavy atom. The van der Waals surface area contributed by atoms with Gasteiger partial charge in [0, 0.05) is 29.8 Å². The molecule has 7 nitrogen and oxygen atoms in total. The summed E-state index contributed by atoms with van der Waals surface area (Å²) in [5.41, 5.74) is 4.69. The third-order valence-electron chi connectivity index (χ3n) is 5.22. The number of amides is 2. The number of carbonyl (C=O) groups excluding carboxylic acids is 2. The number of hydrogen-bond donors (Lipinski definition) is 1. The second-order valence-corrected chi connectivity index (χ2v) is 9.19. The van der Waals surface area contributed by atoms with Crippen LogP contribution in [0.15, 0.2) is 18.2 Å². The first-order chi connectivity index (χ1) is 14.3. The minimum Gasteiger partial charge on any atom is -0.337 e. The van der Waals surface area contributed by atoms with Crippen molar-refractivity contribution >= 4 is 39.3 Å². The molecular formula is C22H25N5O2S. The quantitative estimate of drug-likeness (QED) is 0.688. The Morgan fingerprint density at radius 3 is 2.60 bits per heavy atom. The normalized spacial score (nSPS) is 13.6. The summed E-state index contributed by atoms with van der Waals surface area (Å²) in [7, 11) is 0. The molecule has 1 N–H and O–H groups in total. The fourth-order valence-electron chi connectivity index (χ4n) is 3.48. The maximum Gasteiger partial charge on any atom is 0.257 e. The van der Waals surface area contributed by atoms with Crippen LogP contribution in [0.2, 0.25) is 0 Å². The van der Waals surface area contributed by atoms with Gasteiger partial charge in [0.1, 0.15) is 0 Å². The molecule has 30 heavy (non-hydrogen) atoms. The lowest BCUT2D eigenvalue weighted by molar-refractivity contribution is -0.132. The van der Waals surface area contributed by atoms with Gasteiger partial charge in [-0.1, -0.05) is 25.2 Å². The number of benzene rings is 1. The van der Waals surface area contributed by atoms with E-state index in [2.05, 4.69) is 34.1 Å². The predicted octanol–water partition coefficient (Wildman–Crippen LogP) is 3.89. The Hall–Kier alpha value is -2.87. The minimum atomic E-state index is -0.226. The molecule has 0 radical (unpaired) electrons. The summed E-state index contributed by atoms with van der Waals surface area (Å²) in [6, 6.07) is 5.32. The lowest BCUT2D eigenvalue weighted by atomic mass is 10.1. The van der Waals surface area contributed by atoms with Gasteiger partial charge in [-0.25, -0.2) is 15.0 Å². The highest BCUT2D eigenvalue weighted by Gasteiger charge is 2.25. The topological polar surface area (TPSA) is 88.1 Å². The van der Waals surface area contributed by atoms with Crippen molar-refractivity contribution < 1.29 is 9.59 Å². The van der Waals surface area contributed by atoms with Gasteiger partial charge in [0.25, 0.3) is 5.91 Å². The molecule has 0 fully saturated rings. The molecule has 4 rings (SSSR count). The number of fused-ring (bicyclic) bond motifs is 2. The van der Waals surface area contributed by atoms with Gasteiger partial charge in [-0.15, -0.1) is 0 Å². The van der Waals surface area contributed by atoms with E-state index in [1.807, 2.05) is 24.8 Å². The van der Waals surface area contributed by atoms with E-state index in [9.17, 15) is 9.59 Å². The van der Waals surface area contributed by atoms with E-state index in [-0.39, 0.29) is 11.8 Å². The van der Waals surface area contributed by atoms with Crippen molar-refractivity contribution in [3.8, 4) is 0 Å². The molecule has 2 amide bonds. The highest BCUT2D eigenvalue weighted by atomic mass is 32.1. The fraction of sp³-hybridized carbons (Fsp3) is 0.409. The van der Waals surface area contributed by atoms with Crippen LogP contribution in [0.25, 0.3) is 11.0 Å². The summed E-state index contributed by atoms with van der Waals surface area (Å²) < 4.78 is 0. The van der Waals surface area contributed by atoms with E-state index >= 15 is 0 Å². The number of hydrogen-bond acceptors (Lipinski definition) is 6. The van der Waals surface area contributed by atoms with Crippen LogP contribution in [0.3, 0.4) is 0 Å². The first kappa shape index (κ1) is 20.4. The van der Waals surface area contributed by atoms with Crippen LogP contribution in [-0.2, 0) is 17.8 Å². The summed E-state index contributed by atoms with van der Waals surface area (Å²) in [4.78, 5) is 41.7. The summed E-state index contributed by atoms with van der Waals surface area (Å²) in [6.45, 7) is 9.17. The van der Waals surface area contributed by atoms with Gasteiger partial charge in [-0.2, -0.15) is 0 Å². The van der Waals surface area contributed by atoms with Crippen LogP contribution in [-0.4, -0.2) is 38.2 Å². The maximum atomic E-state index is 12.8. The number of aryl methyl sites for hydroxylation is 2. The molecule has 8 heteroatoms. The van der Waals surface area contributed by atoms with Crippen molar-refractivity contribution in [2.75, 3.05) is 11.9 Å². The lowest BCUT2D eigenvalue weighted by Crippen LogP contribution is -2.36. The molecule has 0 bridgehead atoms. The summed E-state index contributed by atoms with van der Waals surface area (Å²) in [5.74, 6) is 0.294. The number of anilines is 1. The Balaban J connectivity index is 1.49. The highest BCUT2D eigenvalue weighted by Crippen LogP contribution is 2.29. The van der Waals surface area contributed by atoms with E-state index in [1.165, 1.54) is 11.3 Å². The lowest BCUT2D eigenvalue weighted by Gasteiger charge is -2.26. The summed E-state index contributed by atoms with van der Waals surface area (Å²) in [6.07, 6.45) is 1.28.